The molecule has 6 heteroatoms. The summed E-state index contributed by atoms with van der Waals surface area (Å²) in [5, 5.41) is 0. The van der Waals surface area contributed by atoms with Crippen LogP contribution >= 0.6 is 0 Å². The number of hydrogen-bond donors (Lipinski definition) is 0. The van der Waals surface area contributed by atoms with E-state index in [1.165, 1.54) is 18.2 Å². The number of carbonyl (C=O) groups excluding carboxylic acids is 1. The van der Waals surface area contributed by atoms with Crippen molar-refractivity contribution in [3.05, 3.63) is 65.2 Å². The van der Waals surface area contributed by atoms with Gasteiger partial charge in [0.2, 0.25) is 5.95 Å². The predicted molar refractivity (Wildman–Crippen MR) is 59.7 cm³/mol. The van der Waals surface area contributed by atoms with Crippen molar-refractivity contribution >= 4 is 5.97 Å². The molecule has 0 radical (unpaired) electrons. The lowest BCUT2D eigenvalue weighted by Crippen LogP contribution is -2.10. The lowest BCUT2D eigenvalue weighted by Gasteiger charge is -2.06. The number of esters is 1. The van der Waals surface area contributed by atoms with E-state index < -0.39 is 29.1 Å². The van der Waals surface area contributed by atoms with E-state index in [0.29, 0.717) is 0 Å². The minimum absolute atomic E-state index is 0.144. The number of carbonyl (C=O) groups is 1. The number of pyridine rings is 1. The lowest BCUT2D eigenvalue weighted by atomic mass is 10.2. The van der Waals surface area contributed by atoms with Gasteiger partial charge in [-0.3, -0.25) is 0 Å². The molecule has 2 aromatic rings. The highest BCUT2D eigenvalue weighted by Gasteiger charge is 2.17. The fraction of sp³-hybridized carbons (Fsp3) is 0.0769. The van der Waals surface area contributed by atoms with Crippen molar-refractivity contribution in [1.29, 1.82) is 0 Å². The van der Waals surface area contributed by atoms with Crippen LogP contribution in [0.4, 0.5) is 13.2 Å². The van der Waals surface area contributed by atoms with Gasteiger partial charge in [0.25, 0.3) is 0 Å². The number of benzene rings is 1. The fourth-order valence-corrected chi connectivity index (χ4v) is 1.41. The molecule has 0 aliphatic rings. The van der Waals surface area contributed by atoms with Gasteiger partial charge in [0, 0.05) is 11.8 Å². The van der Waals surface area contributed by atoms with E-state index in [9.17, 15) is 18.0 Å². The van der Waals surface area contributed by atoms with E-state index in [0.717, 1.165) is 12.3 Å². The van der Waals surface area contributed by atoms with Gasteiger partial charge in [-0.05, 0) is 12.1 Å². The third-order valence-corrected chi connectivity index (χ3v) is 2.38. The molecule has 0 spiro atoms. The first-order valence-electron chi connectivity index (χ1n) is 5.30. The highest BCUT2D eigenvalue weighted by Crippen LogP contribution is 2.13. The number of hydrogen-bond acceptors (Lipinski definition) is 3. The predicted octanol–water partition coefficient (Wildman–Crippen LogP) is 2.86. The molecule has 98 valence electrons. The molecule has 3 nitrogen and oxygen atoms in total. The van der Waals surface area contributed by atoms with Gasteiger partial charge in [0.1, 0.15) is 18.0 Å². The number of halogens is 3. The Hall–Kier alpha value is -2.37. The van der Waals surface area contributed by atoms with Crippen LogP contribution in [0.2, 0.25) is 0 Å². The van der Waals surface area contributed by atoms with Crippen LogP contribution in [-0.2, 0) is 11.3 Å². The van der Waals surface area contributed by atoms with Crippen molar-refractivity contribution in [2.75, 3.05) is 0 Å². The SMILES string of the molecule is O=C(OCc1ccccc1F)c1ccnc(F)c1F. The minimum atomic E-state index is -1.39. The Labute approximate surface area is 106 Å². The van der Waals surface area contributed by atoms with Crippen molar-refractivity contribution in [2.45, 2.75) is 6.61 Å². The van der Waals surface area contributed by atoms with E-state index in [4.69, 9.17) is 4.74 Å². The molecule has 0 aliphatic heterocycles. The molecule has 2 rings (SSSR count). The van der Waals surface area contributed by atoms with Crippen molar-refractivity contribution in [1.82, 2.24) is 4.98 Å². The van der Waals surface area contributed by atoms with Crippen LogP contribution in [0.3, 0.4) is 0 Å². The van der Waals surface area contributed by atoms with Crippen molar-refractivity contribution < 1.29 is 22.7 Å². The van der Waals surface area contributed by atoms with Crippen LogP contribution in [-0.4, -0.2) is 11.0 Å². The summed E-state index contributed by atoms with van der Waals surface area (Å²) in [5.41, 5.74) is -0.436. The van der Waals surface area contributed by atoms with E-state index >= 15 is 0 Å². The monoisotopic (exact) mass is 267 g/mol. The third-order valence-electron chi connectivity index (χ3n) is 2.38. The fourth-order valence-electron chi connectivity index (χ4n) is 1.41. The lowest BCUT2D eigenvalue weighted by molar-refractivity contribution is 0.0462. The quantitative estimate of drug-likeness (QED) is 0.634. The first-order chi connectivity index (χ1) is 9.09. The molecule has 0 aliphatic carbocycles. The van der Waals surface area contributed by atoms with E-state index in [-0.39, 0.29) is 12.2 Å². The highest BCUT2D eigenvalue weighted by atomic mass is 19.2. The highest BCUT2D eigenvalue weighted by molar-refractivity contribution is 5.89. The van der Waals surface area contributed by atoms with Gasteiger partial charge in [-0.2, -0.15) is 4.39 Å². The zero-order valence-corrected chi connectivity index (χ0v) is 9.57. The number of ether oxygens (including phenoxy) is 1. The molecule has 0 fully saturated rings. The van der Waals surface area contributed by atoms with Crippen LogP contribution in [0, 0.1) is 17.6 Å². The summed E-state index contributed by atoms with van der Waals surface area (Å²) in [5.74, 6) is -4.40. The Morgan fingerprint density at radius 3 is 2.63 bits per heavy atom. The molecule has 0 atom stereocenters. The van der Waals surface area contributed by atoms with Gasteiger partial charge < -0.3 is 4.74 Å². The Morgan fingerprint density at radius 2 is 1.89 bits per heavy atom. The molecule has 1 aromatic heterocycles. The van der Waals surface area contributed by atoms with Gasteiger partial charge >= 0.3 is 5.97 Å². The smallest absolute Gasteiger partial charge is 0.341 e. The molecule has 0 unspecified atom stereocenters. The Morgan fingerprint density at radius 1 is 1.16 bits per heavy atom. The molecular weight excluding hydrogens is 259 g/mol. The van der Waals surface area contributed by atoms with Crippen molar-refractivity contribution in [3.63, 3.8) is 0 Å². The Kier molecular flexibility index (Phi) is 3.79. The zero-order chi connectivity index (χ0) is 13.8. The molecule has 1 heterocycles. The van der Waals surface area contributed by atoms with Crippen LogP contribution < -0.4 is 0 Å². The number of nitrogens with zero attached hydrogens (tertiary/aromatic N) is 1. The number of aromatic nitrogens is 1. The molecule has 19 heavy (non-hydrogen) atoms. The Bertz CT molecular complexity index is 617. The van der Waals surface area contributed by atoms with Crippen molar-refractivity contribution in [3.8, 4) is 0 Å². The summed E-state index contributed by atoms with van der Waals surface area (Å²) in [6.45, 7) is -0.366. The average Bonchev–Trinajstić information content (AvgIpc) is 2.40. The molecule has 1 aromatic carbocycles. The summed E-state index contributed by atoms with van der Waals surface area (Å²) in [6.07, 6.45) is 0.943. The third kappa shape index (κ3) is 2.90. The summed E-state index contributed by atoms with van der Waals surface area (Å²) >= 11 is 0. The van der Waals surface area contributed by atoms with E-state index in [2.05, 4.69) is 4.98 Å². The molecule has 0 saturated heterocycles. The summed E-state index contributed by atoms with van der Waals surface area (Å²) in [4.78, 5) is 14.6. The second-order valence-electron chi connectivity index (χ2n) is 3.63. The van der Waals surface area contributed by atoms with Gasteiger partial charge in [-0.15, -0.1) is 0 Å². The first-order valence-corrected chi connectivity index (χ1v) is 5.30. The summed E-state index contributed by atoms with van der Waals surface area (Å²) in [7, 11) is 0. The molecular formula is C13H8F3NO2. The maximum atomic E-state index is 13.3. The standard InChI is InChI=1S/C13H8F3NO2/c14-10-4-2-1-3-8(10)7-19-13(18)9-5-6-17-12(16)11(9)15/h1-6H,7H2. The second-order valence-corrected chi connectivity index (χ2v) is 3.63. The van der Waals surface area contributed by atoms with E-state index in [1.807, 2.05) is 0 Å². The minimum Gasteiger partial charge on any atom is -0.457 e. The summed E-state index contributed by atoms with van der Waals surface area (Å²) in [6, 6.07) is 6.67. The largest absolute Gasteiger partial charge is 0.457 e. The maximum absolute atomic E-state index is 13.3. The molecule has 0 N–H and O–H groups in total. The van der Waals surface area contributed by atoms with Gasteiger partial charge in [-0.1, -0.05) is 18.2 Å². The van der Waals surface area contributed by atoms with Gasteiger partial charge in [0.15, 0.2) is 5.82 Å². The molecule has 0 saturated carbocycles. The second kappa shape index (κ2) is 5.51. The average molecular weight is 267 g/mol. The normalized spacial score (nSPS) is 10.3. The topological polar surface area (TPSA) is 39.2 Å². The zero-order valence-electron chi connectivity index (χ0n) is 9.57. The van der Waals surface area contributed by atoms with Crippen LogP contribution in [0.25, 0.3) is 0 Å². The molecule has 0 amide bonds. The van der Waals surface area contributed by atoms with Crippen LogP contribution in [0.1, 0.15) is 15.9 Å². The van der Waals surface area contributed by atoms with Crippen LogP contribution in [0.15, 0.2) is 36.5 Å². The molecule has 0 bridgehead atoms. The van der Waals surface area contributed by atoms with Crippen molar-refractivity contribution in [2.24, 2.45) is 0 Å². The number of rotatable bonds is 3. The Balaban J connectivity index is 2.10. The summed E-state index contributed by atoms with van der Waals surface area (Å²) < 4.78 is 44.0. The maximum Gasteiger partial charge on any atom is 0.341 e. The van der Waals surface area contributed by atoms with Gasteiger partial charge in [-0.25, -0.2) is 18.6 Å². The van der Waals surface area contributed by atoms with Crippen LogP contribution in [0.5, 0.6) is 0 Å². The van der Waals surface area contributed by atoms with E-state index in [1.54, 1.807) is 6.07 Å². The van der Waals surface area contributed by atoms with Gasteiger partial charge in [0.05, 0.1) is 0 Å². The first kappa shape index (κ1) is 13.1.